The van der Waals surface area contributed by atoms with Crippen LogP contribution in [0, 0.1) is 22.0 Å². The summed E-state index contributed by atoms with van der Waals surface area (Å²) >= 11 is 10.8. The van der Waals surface area contributed by atoms with Crippen molar-refractivity contribution in [3.63, 3.8) is 0 Å². The molecule has 0 aromatic rings. The maximum atomic E-state index is 10.5. The van der Waals surface area contributed by atoms with Crippen molar-refractivity contribution in [2.24, 2.45) is 22.6 Å². The van der Waals surface area contributed by atoms with Crippen LogP contribution in [0.2, 0.25) is 0 Å². The van der Waals surface area contributed by atoms with Gasteiger partial charge in [0.15, 0.2) is 0 Å². The molecule has 0 aromatic carbocycles. The fourth-order valence-corrected chi connectivity index (χ4v) is 1.46. The first-order chi connectivity index (χ1) is 7.35. The first-order valence-corrected chi connectivity index (χ1v) is 5.51. The van der Waals surface area contributed by atoms with E-state index in [1.165, 1.54) is 0 Å². The smallest absolute Gasteiger partial charge is 0.381 e. The van der Waals surface area contributed by atoms with Gasteiger partial charge < -0.3 is 10.5 Å². The minimum atomic E-state index is -2.34. The number of nitrogens with zero attached hydrogens (tertiary/aromatic N) is 2. The van der Waals surface area contributed by atoms with E-state index in [1.54, 1.807) is 0 Å². The summed E-state index contributed by atoms with van der Waals surface area (Å²) in [7, 11) is 0. The number of aliphatic imine (C=N–C) groups is 1. The van der Waals surface area contributed by atoms with Gasteiger partial charge in [-0.1, -0.05) is 6.92 Å². The Labute approximate surface area is 103 Å². The number of amidine groups is 1. The van der Waals surface area contributed by atoms with Crippen molar-refractivity contribution in [3.8, 4) is 0 Å². The summed E-state index contributed by atoms with van der Waals surface area (Å²) in [6.07, 6.45) is 0. The number of alkyl halides is 2. The standard InChI is InChI=1S/C8H13Cl2N3O3/c1-5-3-16-4-6(5)2-12-7(11)8(9,10)13(14)15/h5-6H,2-4H2,1H3,(H2,11,12). The lowest BCUT2D eigenvalue weighted by Gasteiger charge is -2.12. The van der Waals surface area contributed by atoms with Gasteiger partial charge in [0, 0.05) is 19.1 Å². The number of hydrogen-bond acceptors (Lipinski definition) is 4. The van der Waals surface area contributed by atoms with Gasteiger partial charge in [-0.05, 0) is 29.1 Å². The van der Waals surface area contributed by atoms with E-state index in [2.05, 4.69) is 4.99 Å². The largest absolute Gasteiger partial charge is 0.427 e. The summed E-state index contributed by atoms with van der Waals surface area (Å²) in [5.74, 6) is 0.168. The lowest BCUT2D eigenvalue weighted by Crippen LogP contribution is -2.41. The molecule has 2 unspecified atom stereocenters. The van der Waals surface area contributed by atoms with Crippen molar-refractivity contribution < 1.29 is 9.66 Å². The summed E-state index contributed by atoms with van der Waals surface area (Å²) in [4.78, 5) is 13.5. The molecule has 0 bridgehead atoms. The Bertz CT molecular complexity index is 309. The van der Waals surface area contributed by atoms with Crippen LogP contribution in [0.15, 0.2) is 4.99 Å². The van der Waals surface area contributed by atoms with Gasteiger partial charge in [-0.15, -0.1) is 0 Å². The Morgan fingerprint density at radius 1 is 1.69 bits per heavy atom. The molecule has 1 aliphatic heterocycles. The lowest BCUT2D eigenvalue weighted by molar-refractivity contribution is -0.496. The van der Waals surface area contributed by atoms with Gasteiger partial charge in [0.25, 0.3) is 0 Å². The average Bonchev–Trinajstić information content (AvgIpc) is 2.60. The number of ether oxygens (including phenoxy) is 1. The Kier molecular flexibility index (Phi) is 4.35. The molecule has 1 fully saturated rings. The van der Waals surface area contributed by atoms with Crippen LogP contribution >= 0.6 is 23.2 Å². The number of nitrogens with two attached hydrogens (primary N) is 1. The minimum Gasteiger partial charge on any atom is -0.381 e. The molecule has 1 saturated heterocycles. The van der Waals surface area contributed by atoms with Crippen molar-refractivity contribution >= 4 is 29.0 Å². The normalized spacial score (nSPS) is 27.1. The van der Waals surface area contributed by atoms with Crippen LogP contribution in [0.3, 0.4) is 0 Å². The van der Waals surface area contributed by atoms with E-state index in [0.717, 1.165) is 0 Å². The third kappa shape index (κ3) is 2.96. The molecule has 1 aliphatic rings. The molecule has 1 heterocycles. The molecule has 2 atom stereocenters. The Hall–Kier alpha value is -0.590. The first kappa shape index (κ1) is 13.5. The van der Waals surface area contributed by atoms with Crippen molar-refractivity contribution in [2.75, 3.05) is 19.8 Å². The predicted octanol–water partition coefficient (Wildman–Crippen LogP) is 1.03. The third-order valence-corrected chi connectivity index (χ3v) is 3.21. The Morgan fingerprint density at radius 2 is 2.31 bits per heavy atom. The summed E-state index contributed by atoms with van der Waals surface area (Å²) < 4.78 is 2.88. The second kappa shape index (κ2) is 5.16. The Balaban J connectivity index is 2.60. The van der Waals surface area contributed by atoms with Crippen LogP contribution in [0.25, 0.3) is 0 Å². The van der Waals surface area contributed by atoms with Gasteiger partial charge in [-0.3, -0.25) is 15.1 Å². The van der Waals surface area contributed by atoms with E-state index < -0.39 is 9.38 Å². The third-order valence-electron chi connectivity index (χ3n) is 2.55. The van der Waals surface area contributed by atoms with Gasteiger partial charge in [-0.2, -0.15) is 0 Å². The zero-order valence-electron chi connectivity index (χ0n) is 8.73. The van der Waals surface area contributed by atoms with E-state index in [-0.39, 0.29) is 11.8 Å². The fraction of sp³-hybridized carbons (Fsp3) is 0.875. The SMILES string of the molecule is CC1COCC1CN=C(N)C(Cl)(Cl)[N+](=O)[O-]. The van der Waals surface area contributed by atoms with Crippen LogP contribution in [0.4, 0.5) is 0 Å². The van der Waals surface area contributed by atoms with Gasteiger partial charge >= 0.3 is 4.46 Å². The number of hydrogen-bond donors (Lipinski definition) is 1. The molecule has 0 spiro atoms. The molecular formula is C8H13Cl2N3O3. The average molecular weight is 270 g/mol. The molecule has 6 nitrogen and oxygen atoms in total. The predicted molar refractivity (Wildman–Crippen MR) is 61.4 cm³/mol. The van der Waals surface area contributed by atoms with Crippen molar-refractivity contribution in [2.45, 2.75) is 11.4 Å². The van der Waals surface area contributed by atoms with Crippen molar-refractivity contribution in [1.82, 2.24) is 0 Å². The molecule has 8 heteroatoms. The molecule has 0 radical (unpaired) electrons. The quantitative estimate of drug-likeness (QED) is 0.206. The molecule has 0 saturated carbocycles. The maximum absolute atomic E-state index is 10.5. The second-order valence-electron chi connectivity index (χ2n) is 3.80. The number of nitro groups is 1. The summed E-state index contributed by atoms with van der Waals surface area (Å²) in [5.41, 5.74) is 5.38. The maximum Gasteiger partial charge on any atom is 0.427 e. The highest BCUT2D eigenvalue weighted by atomic mass is 35.5. The highest BCUT2D eigenvalue weighted by molar-refractivity contribution is 6.56. The van der Waals surface area contributed by atoms with E-state index in [1.807, 2.05) is 6.92 Å². The summed E-state index contributed by atoms with van der Waals surface area (Å²) in [6.45, 7) is 3.60. The topological polar surface area (TPSA) is 90.8 Å². The molecule has 0 aromatic heterocycles. The molecule has 0 amide bonds. The highest BCUT2D eigenvalue weighted by Crippen LogP contribution is 2.23. The molecular weight excluding hydrogens is 257 g/mol. The zero-order valence-corrected chi connectivity index (χ0v) is 10.2. The van der Waals surface area contributed by atoms with Gasteiger partial charge in [0.1, 0.15) is 0 Å². The Morgan fingerprint density at radius 3 is 2.75 bits per heavy atom. The van der Waals surface area contributed by atoms with E-state index in [9.17, 15) is 10.1 Å². The summed E-state index contributed by atoms with van der Waals surface area (Å²) in [5, 5.41) is 10.5. The van der Waals surface area contributed by atoms with E-state index in [4.69, 9.17) is 33.7 Å². The summed E-state index contributed by atoms with van der Waals surface area (Å²) in [6, 6.07) is 0. The van der Waals surface area contributed by atoms with Crippen molar-refractivity contribution in [1.29, 1.82) is 0 Å². The van der Waals surface area contributed by atoms with Crippen LogP contribution in [0.5, 0.6) is 0 Å². The monoisotopic (exact) mass is 269 g/mol. The van der Waals surface area contributed by atoms with Gasteiger partial charge in [-0.25, -0.2) is 0 Å². The lowest BCUT2D eigenvalue weighted by atomic mass is 9.99. The molecule has 92 valence electrons. The fourth-order valence-electron chi connectivity index (χ4n) is 1.34. The highest BCUT2D eigenvalue weighted by Gasteiger charge is 2.43. The first-order valence-electron chi connectivity index (χ1n) is 4.76. The van der Waals surface area contributed by atoms with Crippen LogP contribution in [-0.4, -0.2) is 35.0 Å². The van der Waals surface area contributed by atoms with Gasteiger partial charge in [0.2, 0.25) is 5.84 Å². The molecule has 0 aliphatic carbocycles. The molecule has 2 N–H and O–H groups in total. The second-order valence-corrected chi connectivity index (χ2v) is 5.09. The number of halogens is 2. The van der Waals surface area contributed by atoms with Crippen LogP contribution < -0.4 is 5.73 Å². The van der Waals surface area contributed by atoms with Gasteiger partial charge in [0.05, 0.1) is 11.5 Å². The van der Waals surface area contributed by atoms with Crippen LogP contribution in [-0.2, 0) is 4.74 Å². The van der Waals surface area contributed by atoms with Crippen molar-refractivity contribution in [3.05, 3.63) is 10.1 Å². The molecule has 16 heavy (non-hydrogen) atoms. The number of rotatable bonds is 4. The zero-order chi connectivity index (χ0) is 12.3. The molecule has 1 rings (SSSR count). The van der Waals surface area contributed by atoms with E-state index in [0.29, 0.717) is 25.7 Å². The minimum absolute atomic E-state index is 0.203. The van der Waals surface area contributed by atoms with E-state index >= 15 is 0 Å². The van der Waals surface area contributed by atoms with Crippen LogP contribution in [0.1, 0.15) is 6.92 Å².